The van der Waals surface area contributed by atoms with Crippen LogP contribution < -0.4 is 0 Å². The number of methoxy groups -OCH3 is 1. The molecule has 0 N–H and O–H groups in total. The highest BCUT2D eigenvalue weighted by atomic mass is 35.5. The van der Waals surface area contributed by atoms with Crippen LogP contribution >= 0.6 is 11.6 Å². The molecule has 0 saturated carbocycles. The van der Waals surface area contributed by atoms with Crippen LogP contribution in [0.1, 0.15) is 15.9 Å². The normalized spacial score (nSPS) is 9.80. The van der Waals surface area contributed by atoms with Gasteiger partial charge < -0.3 is 4.74 Å². The van der Waals surface area contributed by atoms with Crippen molar-refractivity contribution in [3.05, 3.63) is 38.4 Å². The van der Waals surface area contributed by atoms with Gasteiger partial charge in [-0.05, 0) is 19.1 Å². The van der Waals surface area contributed by atoms with Crippen LogP contribution in [0.3, 0.4) is 0 Å². The fourth-order valence-electron chi connectivity index (χ4n) is 1.24. The van der Waals surface area contributed by atoms with Crippen molar-refractivity contribution >= 4 is 23.3 Å². The third-order valence-corrected chi connectivity index (χ3v) is 2.07. The maximum atomic E-state index is 11.3. The van der Waals surface area contributed by atoms with Crippen molar-refractivity contribution < 1.29 is 14.5 Å². The third kappa shape index (κ3) is 2.24. The fraction of sp³-hybridized carbons (Fsp3) is 0.222. The minimum absolute atomic E-state index is 0.132. The van der Waals surface area contributed by atoms with Gasteiger partial charge >= 0.3 is 5.97 Å². The number of benzene rings is 1. The smallest absolute Gasteiger partial charge is 0.344 e. The first kappa shape index (κ1) is 11.5. The lowest BCUT2D eigenvalue weighted by Gasteiger charge is -2.04. The van der Waals surface area contributed by atoms with E-state index >= 15 is 0 Å². The summed E-state index contributed by atoms with van der Waals surface area (Å²) >= 11 is 5.70. The second kappa shape index (κ2) is 4.27. The average Bonchev–Trinajstić information content (AvgIpc) is 2.14. The number of hydrogen-bond acceptors (Lipinski definition) is 4. The molecule has 0 aliphatic heterocycles. The molecule has 15 heavy (non-hydrogen) atoms. The summed E-state index contributed by atoms with van der Waals surface area (Å²) in [4.78, 5) is 21.4. The maximum Gasteiger partial charge on any atom is 0.344 e. The van der Waals surface area contributed by atoms with Crippen molar-refractivity contribution in [2.45, 2.75) is 6.92 Å². The largest absolute Gasteiger partial charge is 0.465 e. The Morgan fingerprint density at radius 2 is 2.13 bits per heavy atom. The molecule has 0 heterocycles. The second-order valence-corrected chi connectivity index (χ2v) is 3.30. The number of hydrogen-bond donors (Lipinski definition) is 0. The van der Waals surface area contributed by atoms with Crippen molar-refractivity contribution in [3.63, 3.8) is 0 Å². The third-order valence-electron chi connectivity index (χ3n) is 1.85. The predicted octanol–water partition coefficient (Wildman–Crippen LogP) is 2.34. The molecule has 0 radical (unpaired) electrons. The predicted molar refractivity (Wildman–Crippen MR) is 54.2 cm³/mol. The molecule has 0 unspecified atom stereocenters. The van der Waals surface area contributed by atoms with Gasteiger partial charge in [-0.25, -0.2) is 4.79 Å². The van der Waals surface area contributed by atoms with Crippen LogP contribution in [-0.2, 0) is 4.74 Å². The Hall–Kier alpha value is -1.62. The first-order chi connectivity index (χ1) is 6.97. The van der Waals surface area contributed by atoms with Crippen molar-refractivity contribution in [3.8, 4) is 0 Å². The van der Waals surface area contributed by atoms with Gasteiger partial charge in [0.1, 0.15) is 5.56 Å². The molecule has 0 bridgehead atoms. The topological polar surface area (TPSA) is 69.4 Å². The van der Waals surface area contributed by atoms with Crippen molar-refractivity contribution in [2.75, 3.05) is 7.11 Å². The zero-order chi connectivity index (χ0) is 11.6. The number of nitro benzene ring substituents is 1. The summed E-state index contributed by atoms with van der Waals surface area (Å²) in [6, 6.07) is 2.64. The van der Waals surface area contributed by atoms with Gasteiger partial charge in [-0.2, -0.15) is 0 Å². The van der Waals surface area contributed by atoms with E-state index in [-0.39, 0.29) is 16.3 Å². The highest BCUT2D eigenvalue weighted by Crippen LogP contribution is 2.27. The minimum atomic E-state index is -0.771. The number of carbonyl (C=O) groups is 1. The summed E-state index contributed by atoms with van der Waals surface area (Å²) in [5.74, 6) is -0.771. The molecule has 0 aliphatic rings. The van der Waals surface area contributed by atoms with Crippen molar-refractivity contribution in [2.24, 2.45) is 0 Å². The summed E-state index contributed by atoms with van der Waals surface area (Å²) < 4.78 is 4.44. The number of nitrogens with zero attached hydrogens (tertiary/aromatic N) is 1. The van der Waals surface area contributed by atoms with Crippen LogP contribution in [0.5, 0.6) is 0 Å². The number of ether oxygens (including phenoxy) is 1. The molecule has 0 atom stereocenters. The highest BCUT2D eigenvalue weighted by Gasteiger charge is 2.24. The summed E-state index contributed by atoms with van der Waals surface area (Å²) in [6.07, 6.45) is 0. The van der Waals surface area contributed by atoms with Gasteiger partial charge in [-0.15, -0.1) is 0 Å². The molecule has 80 valence electrons. The SMILES string of the molecule is COC(=O)c1cc(Cl)cc(C)c1[N+](=O)[O-]. The van der Waals surface area contributed by atoms with Crippen LogP contribution in [-0.4, -0.2) is 18.0 Å². The number of aryl methyl sites for hydroxylation is 1. The molecule has 0 fully saturated rings. The van der Waals surface area contributed by atoms with Crippen molar-refractivity contribution in [1.82, 2.24) is 0 Å². The lowest BCUT2D eigenvalue weighted by molar-refractivity contribution is -0.385. The van der Waals surface area contributed by atoms with Gasteiger partial charge in [0.15, 0.2) is 0 Å². The molecule has 5 nitrogen and oxygen atoms in total. The molecule has 1 aromatic rings. The van der Waals surface area contributed by atoms with Gasteiger partial charge in [-0.1, -0.05) is 11.6 Å². The number of carbonyl (C=O) groups excluding carboxylic acids is 1. The first-order valence-electron chi connectivity index (χ1n) is 4.00. The fourth-order valence-corrected chi connectivity index (χ4v) is 1.52. The van der Waals surface area contributed by atoms with E-state index in [1.807, 2.05) is 0 Å². The van der Waals surface area contributed by atoms with Gasteiger partial charge in [0, 0.05) is 10.6 Å². The van der Waals surface area contributed by atoms with Crippen LogP contribution in [0.4, 0.5) is 5.69 Å². The molecule has 0 saturated heterocycles. The molecular weight excluding hydrogens is 222 g/mol. The highest BCUT2D eigenvalue weighted by molar-refractivity contribution is 6.31. The maximum absolute atomic E-state index is 11.3. The average molecular weight is 230 g/mol. The summed E-state index contributed by atoms with van der Waals surface area (Å²) in [5, 5.41) is 11.0. The van der Waals surface area contributed by atoms with Crippen LogP contribution in [0.2, 0.25) is 5.02 Å². The minimum Gasteiger partial charge on any atom is -0.465 e. The number of rotatable bonds is 2. The molecular formula is C9H8ClNO4. The monoisotopic (exact) mass is 229 g/mol. The second-order valence-electron chi connectivity index (χ2n) is 2.87. The zero-order valence-electron chi connectivity index (χ0n) is 8.11. The van der Waals surface area contributed by atoms with E-state index in [2.05, 4.69) is 4.74 Å². The number of esters is 1. The van der Waals surface area contributed by atoms with E-state index in [9.17, 15) is 14.9 Å². The molecule has 1 aromatic carbocycles. The Bertz CT molecular complexity index is 430. The summed E-state index contributed by atoms with van der Waals surface area (Å²) in [6.45, 7) is 1.51. The van der Waals surface area contributed by atoms with Gasteiger partial charge in [0.2, 0.25) is 0 Å². The van der Waals surface area contributed by atoms with Crippen LogP contribution in [0.15, 0.2) is 12.1 Å². The van der Waals surface area contributed by atoms with Gasteiger partial charge in [-0.3, -0.25) is 10.1 Å². The van der Waals surface area contributed by atoms with Gasteiger partial charge in [0.25, 0.3) is 5.69 Å². The van der Waals surface area contributed by atoms with E-state index in [4.69, 9.17) is 11.6 Å². The van der Waals surface area contributed by atoms with Crippen LogP contribution in [0, 0.1) is 17.0 Å². The van der Waals surface area contributed by atoms with Crippen LogP contribution in [0.25, 0.3) is 0 Å². The standard InChI is InChI=1S/C9H8ClNO4/c1-5-3-6(10)4-7(9(12)15-2)8(5)11(13)14/h3-4H,1-2H3. The summed E-state index contributed by atoms with van der Waals surface area (Å²) in [5.41, 5.74) is -0.0772. The number of nitro groups is 1. The van der Waals surface area contributed by atoms with E-state index in [0.717, 1.165) is 7.11 Å². The Morgan fingerprint density at radius 1 is 1.53 bits per heavy atom. The molecule has 0 amide bonds. The quantitative estimate of drug-likeness (QED) is 0.443. The zero-order valence-corrected chi connectivity index (χ0v) is 8.87. The Labute approximate surface area is 90.8 Å². The van der Waals surface area contributed by atoms with Gasteiger partial charge in [0.05, 0.1) is 12.0 Å². The Balaban J connectivity index is 3.46. The molecule has 0 aromatic heterocycles. The van der Waals surface area contributed by atoms with Crippen molar-refractivity contribution in [1.29, 1.82) is 0 Å². The first-order valence-corrected chi connectivity index (χ1v) is 4.38. The Kier molecular flexibility index (Phi) is 3.26. The van der Waals surface area contributed by atoms with E-state index in [0.29, 0.717) is 5.56 Å². The molecule has 0 aliphatic carbocycles. The van der Waals surface area contributed by atoms with E-state index in [1.54, 1.807) is 0 Å². The molecule has 1 rings (SSSR count). The lowest BCUT2D eigenvalue weighted by atomic mass is 10.1. The molecule has 0 spiro atoms. The van der Waals surface area contributed by atoms with E-state index in [1.165, 1.54) is 19.1 Å². The Morgan fingerprint density at radius 3 is 2.60 bits per heavy atom. The molecule has 6 heteroatoms. The lowest BCUT2D eigenvalue weighted by Crippen LogP contribution is -2.07. The van der Waals surface area contributed by atoms with E-state index < -0.39 is 10.9 Å². The summed E-state index contributed by atoms with van der Waals surface area (Å²) in [7, 11) is 1.16. The number of halogens is 1.